The maximum atomic E-state index is 13.7. The first-order chi connectivity index (χ1) is 16.4. The molecule has 1 aromatic carbocycles. The van der Waals surface area contributed by atoms with Gasteiger partial charge in [-0.3, -0.25) is 9.59 Å². The lowest BCUT2D eigenvalue weighted by atomic mass is 10.1. The Bertz CT molecular complexity index is 1420. The highest BCUT2D eigenvalue weighted by Gasteiger charge is 2.28. The van der Waals surface area contributed by atoms with Crippen molar-refractivity contribution in [2.45, 2.75) is 26.3 Å². The van der Waals surface area contributed by atoms with Gasteiger partial charge in [-0.2, -0.15) is 20.0 Å². The van der Waals surface area contributed by atoms with Crippen LogP contribution in [0.15, 0.2) is 47.7 Å². The molecule has 1 aliphatic rings. The second kappa shape index (κ2) is 9.12. The molecule has 0 saturated carbocycles. The number of carbonyl (C=O) groups excluding carboxylic acids is 1. The van der Waals surface area contributed by atoms with Crippen molar-refractivity contribution >= 4 is 45.5 Å². The van der Waals surface area contributed by atoms with E-state index in [0.717, 1.165) is 17.4 Å². The third-order valence-electron chi connectivity index (χ3n) is 6.06. The second-order valence-electron chi connectivity index (χ2n) is 8.38. The van der Waals surface area contributed by atoms with Crippen LogP contribution in [0, 0.1) is 10.5 Å². The molecule has 0 aliphatic carbocycles. The Labute approximate surface area is 209 Å². The SMILES string of the molecule is Cc1ccc(-n2nccn2)c(C(=O)N2CCN(c3ncc4cc(I)c(=O)[nH]c4n3)CC[C@H]2C)c1. The maximum Gasteiger partial charge on any atom is 0.263 e. The Morgan fingerprint density at radius 2 is 1.94 bits per heavy atom. The number of nitrogens with one attached hydrogen (secondary N) is 1. The summed E-state index contributed by atoms with van der Waals surface area (Å²) in [5, 5.41) is 9.21. The van der Waals surface area contributed by atoms with Crippen LogP contribution >= 0.6 is 22.6 Å². The van der Waals surface area contributed by atoms with Gasteiger partial charge in [0.15, 0.2) is 0 Å². The lowest BCUT2D eigenvalue weighted by molar-refractivity contribution is 0.0704. The van der Waals surface area contributed by atoms with Gasteiger partial charge in [0, 0.05) is 37.3 Å². The molecular formula is C23H23IN8O2. The van der Waals surface area contributed by atoms with Gasteiger partial charge in [0.1, 0.15) is 5.65 Å². The van der Waals surface area contributed by atoms with Crippen LogP contribution in [0.4, 0.5) is 5.95 Å². The molecule has 0 radical (unpaired) electrons. The first kappa shape index (κ1) is 22.4. The van der Waals surface area contributed by atoms with E-state index in [1.54, 1.807) is 24.7 Å². The minimum absolute atomic E-state index is 0.0262. The molecule has 0 bridgehead atoms. The number of rotatable bonds is 3. The predicted molar refractivity (Wildman–Crippen MR) is 136 cm³/mol. The Kier molecular flexibility index (Phi) is 6.02. The molecule has 3 aromatic heterocycles. The third-order valence-corrected chi connectivity index (χ3v) is 6.86. The van der Waals surface area contributed by atoms with E-state index in [2.05, 4.69) is 37.0 Å². The van der Waals surface area contributed by atoms with Crippen LogP contribution in [0.2, 0.25) is 0 Å². The summed E-state index contributed by atoms with van der Waals surface area (Å²) in [5.41, 5.74) is 2.57. The van der Waals surface area contributed by atoms with Gasteiger partial charge >= 0.3 is 0 Å². The van der Waals surface area contributed by atoms with E-state index in [0.29, 0.717) is 46.1 Å². The van der Waals surface area contributed by atoms with Crippen LogP contribution in [0.25, 0.3) is 16.7 Å². The Morgan fingerprint density at radius 3 is 2.74 bits per heavy atom. The largest absolute Gasteiger partial charge is 0.339 e. The molecule has 0 spiro atoms. The van der Waals surface area contributed by atoms with Crippen LogP contribution in [-0.2, 0) is 0 Å². The quantitative estimate of drug-likeness (QED) is 0.377. The molecule has 1 saturated heterocycles. The fourth-order valence-electron chi connectivity index (χ4n) is 4.16. The molecule has 0 unspecified atom stereocenters. The Morgan fingerprint density at radius 1 is 1.15 bits per heavy atom. The van der Waals surface area contributed by atoms with Gasteiger partial charge in [-0.05, 0) is 61.1 Å². The number of nitrogens with zero attached hydrogens (tertiary/aromatic N) is 7. The molecule has 1 atom stereocenters. The first-order valence-electron chi connectivity index (χ1n) is 11.0. The molecule has 4 aromatic rings. The number of anilines is 1. The number of hydrogen-bond acceptors (Lipinski definition) is 7. The van der Waals surface area contributed by atoms with Crippen molar-refractivity contribution in [1.82, 2.24) is 34.8 Å². The minimum atomic E-state index is -0.167. The van der Waals surface area contributed by atoms with Crippen LogP contribution in [0.3, 0.4) is 0 Å². The second-order valence-corrected chi connectivity index (χ2v) is 9.54. The summed E-state index contributed by atoms with van der Waals surface area (Å²) in [4.78, 5) is 43.1. The van der Waals surface area contributed by atoms with E-state index in [1.165, 1.54) is 4.80 Å². The highest BCUT2D eigenvalue weighted by molar-refractivity contribution is 14.1. The summed E-state index contributed by atoms with van der Waals surface area (Å²) in [6, 6.07) is 7.52. The number of aromatic amines is 1. The van der Waals surface area contributed by atoms with Gasteiger partial charge in [0.05, 0.1) is 27.2 Å². The molecule has 10 nitrogen and oxygen atoms in total. The van der Waals surface area contributed by atoms with Gasteiger partial charge in [0.25, 0.3) is 11.5 Å². The molecule has 1 amide bonds. The van der Waals surface area contributed by atoms with Gasteiger partial charge in [-0.15, -0.1) is 0 Å². The molecule has 34 heavy (non-hydrogen) atoms. The minimum Gasteiger partial charge on any atom is -0.339 e. The average Bonchev–Trinajstić information content (AvgIpc) is 3.29. The molecule has 5 rings (SSSR count). The zero-order chi connectivity index (χ0) is 23.8. The van der Waals surface area contributed by atoms with E-state index < -0.39 is 0 Å². The smallest absolute Gasteiger partial charge is 0.263 e. The third kappa shape index (κ3) is 4.27. The zero-order valence-corrected chi connectivity index (χ0v) is 20.9. The van der Waals surface area contributed by atoms with Gasteiger partial charge in [-0.1, -0.05) is 11.6 Å². The van der Waals surface area contributed by atoms with Crippen molar-refractivity contribution in [2.75, 3.05) is 24.5 Å². The van der Waals surface area contributed by atoms with Crippen molar-refractivity contribution < 1.29 is 4.79 Å². The molecule has 4 heterocycles. The standard InChI is InChI=1S/C23H23IN8O2/c1-14-3-4-19(32-26-6-7-27-32)17(11-14)22(34)31-10-9-30(8-5-15(31)2)23-25-13-16-12-18(24)21(33)28-20(16)29-23/h3-4,6-7,11-13,15H,5,8-10H2,1-2H3,(H,25,28,29,33)/t15-/m1/s1. The van der Waals surface area contributed by atoms with Crippen molar-refractivity contribution in [2.24, 2.45) is 0 Å². The molecule has 1 fully saturated rings. The van der Waals surface area contributed by atoms with E-state index in [1.807, 2.05) is 52.6 Å². The lowest BCUT2D eigenvalue weighted by Crippen LogP contribution is -2.40. The number of aromatic nitrogens is 6. The zero-order valence-electron chi connectivity index (χ0n) is 18.8. The highest BCUT2D eigenvalue weighted by atomic mass is 127. The number of benzene rings is 1. The van der Waals surface area contributed by atoms with Crippen molar-refractivity contribution in [3.05, 3.63) is 67.9 Å². The number of amides is 1. The number of halogens is 1. The summed E-state index contributed by atoms with van der Waals surface area (Å²) in [6.07, 6.45) is 5.68. The van der Waals surface area contributed by atoms with Crippen LogP contribution in [0.5, 0.6) is 0 Å². The number of H-pyrrole nitrogens is 1. The van der Waals surface area contributed by atoms with E-state index in [4.69, 9.17) is 0 Å². The average molecular weight is 570 g/mol. The lowest BCUT2D eigenvalue weighted by Gasteiger charge is -2.27. The monoisotopic (exact) mass is 570 g/mol. The summed E-state index contributed by atoms with van der Waals surface area (Å²) in [5.74, 6) is 0.492. The molecular weight excluding hydrogens is 547 g/mol. The fraction of sp³-hybridized carbons (Fsp3) is 0.304. The summed E-state index contributed by atoms with van der Waals surface area (Å²) in [7, 11) is 0. The molecule has 11 heteroatoms. The van der Waals surface area contributed by atoms with Crippen LogP contribution in [-0.4, -0.2) is 66.4 Å². The van der Waals surface area contributed by atoms with Crippen LogP contribution < -0.4 is 10.5 Å². The number of pyridine rings is 1. The number of carbonyl (C=O) groups is 1. The van der Waals surface area contributed by atoms with Crippen molar-refractivity contribution in [1.29, 1.82) is 0 Å². The van der Waals surface area contributed by atoms with Crippen molar-refractivity contribution in [3.8, 4) is 5.69 Å². The number of hydrogen-bond donors (Lipinski definition) is 1. The molecule has 174 valence electrons. The fourth-order valence-corrected chi connectivity index (χ4v) is 4.63. The Hall–Kier alpha value is -3.35. The van der Waals surface area contributed by atoms with E-state index in [-0.39, 0.29) is 17.5 Å². The number of aryl methyl sites for hydroxylation is 1. The first-order valence-corrected chi connectivity index (χ1v) is 12.1. The van der Waals surface area contributed by atoms with Crippen molar-refractivity contribution in [3.63, 3.8) is 0 Å². The van der Waals surface area contributed by atoms with E-state index in [9.17, 15) is 9.59 Å². The maximum absolute atomic E-state index is 13.7. The molecule has 1 aliphatic heterocycles. The van der Waals surface area contributed by atoms with Gasteiger partial charge in [-0.25, -0.2) is 4.98 Å². The topological polar surface area (TPSA) is 113 Å². The Balaban J connectivity index is 1.41. The van der Waals surface area contributed by atoms with Crippen LogP contribution in [0.1, 0.15) is 29.3 Å². The van der Waals surface area contributed by atoms with Gasteiger partial charge < -0.3 is 14.8 Å². The van der Waals surface area contributed by atoms with Gasteiger partial charge in [0.2, 0.25) is 5.95 Å². The highest BCUT2D eigenvalue weighted by Crippen LogP contribution is 2.22. The summed E-state index contributed by atoms with van der Waals surface area (Å²) >= 11 is 2.00. The summed E-state index contributed by atoms with van der Waals surface area (Å²) < 4.78 is 0.597. The predicted octanol–water partition coefficient (Wildman–Crippen LogP) is 2.55. The molecule has 1 N–H and O–H groups in total. The van der Waals surface area contributed by atoms with E-state index >= 15 is 0 Å². The summed E-state index contributed by atoms with van der Waals surface area (Å²) in [6.45, 7) is 5.82. The number of fused-ring (bicyclic) bond motifs is 1. The normalized spacial score (nSPS) is 16.6.